The van der Waals surface area contributed by atoms with Gasteiger partial charge in [0.2, 0.25) is 11.6 Å². The van der Waals surface area contributed by atoms with Crippen LogP contribution in [0.5, 0.6) is 11.5 Å². The van der Waals surface area contributed by atoms with Gasteiger partial charge in [0, 0.05) is 11.3 Å². The van der Waals surface area contributed by atoms with Gasteiger partial charge in [-0.15, -0.1) is 0 Å². The van der Waals surface area contributed by atoms with E-state index in [9.17, 15) is 24.6 Å². The molecule has 0 unspecified atom stereocenters. The van der Waals surface area contributed by atoms with Gasteiger partial charge < -0.3 is 21.3 Å². The maximum Gasteiger partial charge on any atom is 0.250 e. The molecule has 0 bridgehead atoms. The van der Waals surface area contributed by atoms with E-state index in [0.717, 1.165) is 0 Å². The van der Waals surface area contributed by atoms with Crippen LogP contribution >= 0.6 is 0 Å². The van der Waals surface area contributed by atoms with E-state index in [0.29, 0.717) is 24.0 Å². The summed E-state index contributed by atoms with van der Waals surface area (Å²) in [5.74, 6) is -2.20. The van der Waals surface area contributed by atoms with Crippen LogP contribution in [-0.4, -0.2) is 27.7 Å². The van der Waals surface area contributed by atoms with Crippen LogP contribution in [0.4, 0.5) is 11.4 Å². The molecule has 0 saturated carbocycles. The van der Waals surface area contributed by atoms with Gasteiger partial charge in [-0.25, -0.2) is 0 Å². The molecule has 2 aromatic rings. The van der Waals surface area contributed by atoms with Crippen molar-refractivity contribution in [1.82, 2.24) is 0 Å². The zero-order valence-corrected chi connectivity index (χ0v) is 19.6. The molecule has 0 atom stereocenters. The average Bonchev–Trinajstić information content (AvgIpc) is 2.69. The van der Waals surface area contributed by atoms with Crippen molar-refractivity contribution < 1.29 is 24.6 Å². The Hall–Kier alpha value is -3.61. The first kappa shape index (κ1) is 24.0. The quantitative estimate of drug-likeness (QED) is 0.251. The normalized spacial score (nSPS) is 12.7. The standard InChI is InChI=1S/C26H30N2O5/c1-11(2)7-14-9-16(27)18-20(22(14)29)25(32)19-17(28-26(33)13(5)6)10-15(8-12(3)4)23(30)21(19)24(18)31/h9-12,29-30H,5,7-8,27H2,1-4,6H3,(H,28,33). The molecule has 7 heteroatoms. The largest absolute Gasteiger partial charge is 0.507 e. The molecule has 0 saturated heterocycles. The molecule has 7 nitrogen and oxygen atoms in total. The maximum atomic E-state index is 13.7. The number of anilines is 2. The number of phenolic OH excluding ortho intramolecular Hbond substituents is 2. The lowest BCUT2D eigenvalue weighted by molar-refractivity contribution is -0.112. The predicted octanol–water partition coefficient (Wildman–Crippen LogP) is 4.37. The van der Waals surface area contributed by atoms with Crippen molar-refractivity contribution in [2.75, 3.05) is 11.1 Å². The monoisotopic (exact) mass is 450 g/mol. The smallest absolute Gasteiger partial charge is 0.250 e. The highest BCUT2D eigenvalue weighted by atomic mass is 16.3. The van der Waals surface area contributed by atoms with Gasteiger partial charge in [-0.05, 0) is 54.9 Å². The number of carbonyl (C=O) groups excluding carboxylic acids is 3. The van der Waals surface area contributed by atoms with Crippen LogP contribution in [0.1, 0.15) is 77.6 Å². The van der Waals surface area contributed by atoms with Crippen LogP contribution < -0.4 is 11.1 Å². The predicted molar refractivity (Wildman–Crippen MR) is 128 cm³/mol. The summed E-state index contributed by atoms with van der Waals surface area (Å²) in [5, 5.41) is 24.6. The van der Waals surface area contributed by atoms with Crippen molar-refractivity contribution in [3.8, 4) is 11.5 Å². The highest BCUT2D eigenvalue weighted by molar-refractivity contribution is 6.34. The third-order valence-corrected chi connectivity index (χ3v) is 5.59. The fourth-order valence-corrected chi connectivity index (χ4v) is 4.17. The van der Waals surface area contributed by atoms with Gasteiger partial charge in [0.1, 0.15) is 11.5 Å². The van der Waals surface area contributed by atoms with E-state index in [1.165, 1.54) is 19.1 Å². The molecule has 0 fully saturated rings. The molecular weight excluding hydrogens is 420 g/mol. The Morgan fingerprint density at radius 3 is 1.85 bits per heavy atom. The second kappa shape index (κ2) is 8.73. The third kappa shape index (κ3) is 4.23. The molecule has 0 radical (unpaired) electrons. The number of aromatic hydroxyl groups is 2. The van der Waals surface area contributed by atoms with Gasteiger partial charge in [0.05, 0.1) is 27.9 Å². The van der Waals surface area contributed by atoms with Crippen LogP contribution in [0, 0.1) is 11.8 Å². The number of hydrogen-bond acceptors (Lipinski definition) is 6. The second-order valence-electron chi connectivity index (χ2n) is 9.49. The first-order valence-corrected chi connectivity index (χ1v) is 10.9. The molecule has 1 aliphatic rings. The van der Waals surface area contributed by atoms with E-state index < -0.39 is 17.5 Å². The SMILES string of the molecule is C=C(C)C(=O)Nc1cc(CC(C)C)c(O)c2c1C(=O)c1c(O)c(CC(C)C)cc(N)c1C2=O. The number of nitrogens with two attached hydrogens (primary N) is 1. The number of benzene rings is 2. The number of amides is 1. The zero-order chi connectivity index (χ0) is 24.8. The molecule has 1 amide bonds. The Labute approximate surface area is 193 Å². The Morgan fingerprint density at radius 1 is 0.909 bits per heavy atom. The molecule has 174 valence electrons. The summed E-state index contributed by atoms with van der Waals surface area (Å²) in [5.41, 5.74) is 6.69. The van der Waals surface area contributed by atoms with Gasteiger partial charge in [-0.2, -0.15) is 0 Å². The van der Waals surface area contributed by atoms with Gasteiger partial charge in [0.15, 0.2) is 0 Å². The summed E-state index contributed by atoms with van der Waals surface area (Å²) in [4.78, 5) is 39.6. The topological polar surface area (TPSA) is 130 Å². The van der Waals surface area contributed by atoms with E-state index in [1.54, 1.807) is 0 Å². The van der Waals surface area contributed by atoms with Crippen molar-refractivity contribution in [2.45, 2.75) is 47.5 Å². The lowest BCUT2D eigenvalue weighted by Crippen LogP contribution is -2.26. The van der Waals surface area contributed by atoms with Crippen molar-refractivity contribution in [2.24, 2.45) is 11.8 Å². The summed E-state index contributed by atoms with van der Waals surface area (Å²) in [6, 6.07) is 3.01. The zero-order valence-electron chi connectivity index (χ0n) is 19.6. The lowest BCUT2D eigenvalue weighted by atomic mass is 9.78. The van der Waals surface area contributed by atoms with Gasteiger partial charge >= 0.3 is 0 Å². The van der Waals surface area contributed by atoms with Gasteiger partial charge in [-0.1, -0.05) is 34.3 Å². The van der Waals surface area contributed by atoms with Crippen LogP contribution in [0.3, 0.4) is 0 Å². The molecule has 0 aromatic heterocycles. The Kier molecular flexibility index (Phi) is 6.36. The number of phenols is 2. The third-order valence-electron chi connectivity index (χ3n) is 5.59. The number of carbonyl (C=O) groups is 3. The summed E-state index contributed by atoms with van der Waals surface area (Å²) in [7, 11) is 0. The molecule has 2 aromatic carbocycles. The van der Waals surface area contributed by atoms with Crippen molar-refractivity contribution in [3.63, 3.8) is 0 Å². The average molecular weight is 451 g/mol. The van der Waals surface area contributed by atoms with E-state index in [4.69, 9.17) is 5.73 Å². The number of rotatable bonds is 6. The van der Waals surface area contributed by atoms with Crippen LogP contribution in [-0.2, 0) is 17.6 Å². The summed E-state index contributed by atoms with van der Waals surface area (Å²) in [6.07, 6.45) is 0.868. The first-order chi connectivity index (χ1) is 15.3. The lowest BCUT2D eigenvalue weighted by Gasteiger charge is -2.26. The van der Waals surface area contributed by atoms with Crippen molar-refractivity contribution in [1.29, 1.82) is 0 Å². The summed E-state index contributed by atoms with van der Waals surface area (Å²) in [6.45, 7) is 12.9. The van der Waals surface area contributed by atoms with Crippen LogP contribution in [0.15, 0.2) is 24.3 Å². The number of ketones is 2. The van der Waals surface area contributed by atoms with E-state index in [-0.39, 0.29) is 62.5 Å². The molecule has 33 heavy (non-hydrogen) atoms. The van der Waals surface area contributed by atoms with Crippen molar-refractivity contribution >= 4 is 28.8 Å². The van der Waals surface area contributed by atoms with Gasteiger partial charge in [-0.3, -0.25) is 14.4 Å². The second-order valence-corrected chi connectivity index (χ2v) is 9.49. The Morgan fingerprint density at radius 2 is 1.36 bits per heavy atom. The minimum Gasteiger partial charge on any atom is -0.507 e. The first-order valence-electron chi connectivity index (χ1n) is 10.9. The van der Waals surface area contributed by atoms with Crippen LogP contribution in [0.2, 0.25) is 0 Å². The van der Waals surface area contributed by atoms with E-state index >= 15 is 0 Å². The maximum absolute atomic E-state index is 13.7. The number of nitrogen functional groups attached to an aromatic ring is 1. The summed E-state index contributed by atoms with van der Waals surface area (Å²) >= 11 is 0. The van der Waals surface area contributed by atoms with E-state index in [1.807, 2.05) is 27.7 Å². The van der Waals surface area contributed by atoms with Crippen molar-refractivity contribution in [3.05, 3.63) is 57.7 Å². The molecule has 0 spiro atoms. The minimum atomic E-state index is -0.683. The molecule has 3 rings (SSSR count). The van der Waals surface area contributed by atoms with E-state index in [2.05, 4.69) is 11.9 Å². The number of hydrogen-bond donors (Lipinski definition) is 4. The van der Waals surface area contributed by atoms with Gasteiger partial charge in [0.25, 0.3) is 5.91 Å². The fourth-order valence-electron chi connectivity index (χ4n) is 4.17. The number of fused-ring (bicyclic) bond motifs is 2. The molecule has 0 heterocycles. The Bertz CT molecular complexity index is 1210. The molecular formula is C26H30N2O5. The van der Waals surface area contributed by atoms with Crippen LogP contribution in [0.25, 0.3) is 0 Å². The fraction of sp³-hybridized carbons (Fsp3) is 0.346. The highest BCUT2D eigenvalue weighted by Crippen LogP contribution is 2.45. The molecule has 5 N–H and O–H groups in total. The highest BCUT2D eigenvalue weighted by Gasteiger charge is 2.39. The minimum absolute atomic E-state index is 0.0589. The molecule has 0 aliphatic heterocycles. The summed E-state index contributed by atoms with van der Waals surface area (Å²) < 4.78 is 0. The number of nitrogens with one attached hydrogen (secondary N) is 1. The Balaban J connectivity index is 2.35. The molecule has 1 aliphatic carbocycles.